The van der Waals surface area contributed by atoms with Crippen molar-refractivity contribution in [2.75, 3.05) is 19.5 Å². The van der Waals surface area contributed by atoms with Crippen LogP contribution in [0.4, 0.5) is 5.69 Å². The number of rotatable bonds is 7. The topological polar surface area (TPSA) is 67.8 Å². The van der Waals surface area contributed by atoms with Crippen LogP contribution in [0, 0.1) is 13.8 Å². The number of carbonyl (C=O) groups excluding carboxylic acids is 1. The lowest BCUT2D eigenvalue weighted by Gasteiger charge is -2.16. The molecule has 0 aliphatic carbocycles. The van der Waals surface area contributed by atoms with Crippen molar-refractivity contribution in [3.05, 3.63) is 53.1 Å². The Morgan fingerprint density at radius 1 is 1.16 bits per heavy atom. The molecule has 1 amide bonds. The van der Waals surface area contributed by atoms with Crippen LogP contribution in [0.5, 0.6) is 11.5 Å². The number of nitrogens with one attached hydrogen (secondary N) is 1. The summed E-state index contributed by atoms with van der Waals surface area (Å²) < 4.78 is 10.5. The molecule has 5 nitrogen and oxygen atoms in total. The number of ether oxygens (including phenoxy) is 2. The molecule has 0 saturated carbocycles. The van der Waals surface area contributed by atoms with Crippen molar-refractivity contribution >= 4 is 11.6 Å². The Balaban J connectivity index is 1.98. The summed E-state index contributed by atoms with van der Waals surface area (Å²) in [7, 11) is 3.11. The van der Waals surface area contributed by atoms with E-state index in [1.165, 1.54) is 7.11 Å². The summed E-state index contributed by atoms with van der Waals surface area (Å²) >= 11 is 0. The monoisotopic (exact) mass is 343 g/mol. The fraction of sp³-hybridized carbons (Fsp3) is 0.350. The number of carbonyl (C=O) groups is 1. The molecular formula is C20H25NO4. The zero-order chi connectivity index (χ0) is 18.4. The number of amides is 1. The number of aryl methyl sites for hydroxylation is 1. The predicted octanol–water partition coefficient (Wildman–Crippen LogP) is 3.77. The number of methoxy groups -OCH3 is 2. The normalized spacial score (nSPS) is 11.7. The maximum Gasteiger partial charge on any atom is 0.224 e. The Morgan fingerprint density at radius 2 is 1.92 bits per heavy atom. The molecule has 5 heteroatoms. The second-order valence-corrected chi connectivity index (χ2v) is 5.96. The highest BCUT2D eigenvalue weighted by Crippen LogP contribution is 2.31. The summed E-state index contributed by atoms with van der Waals surface area (Å²) in [6.07, 6.45) is -0.270. The van der Waals surface area contributed by atoms with Gasteiger partial charge in [0.25, 0.3) is 0 Å². The van der Waals surface area contributed by atoms with Crippen LogP contribution >= 0.6 is 0 Å². The summed E-state index contributed by atoms with van der Waals surface area (Å²) in [6, 6.07) is 11.0. The summed E-state index contributed by atoms with van der Waals surface area (Å²) in [6.45, 7) is 3.98. The summed E-state index contributed by atoms with van der Waals surface area (Å²) in [5.74, 6) is 1.07. The molecule has 134 valence electrons. The summed E-state index contributed by atoms with van der Waals surface area (Å²) in [5.41, 5.74) is 3.62. The van der Waals surface area contributed by atoms with Crippen molar-refractivity contribution < 1.29 is 19.4 Å². The molecule has 1 unspecified atom stereocenters. The minimum Gasteiger partial charge on any atom is -0.497 e. The van der Waals surface area contributed by atoms with E-state index < -0.39 is 6.10 Å². The van der Waals surface area contributed by atoms with Gasteiger partial charge in [-0.1, -0.05) is 12.1 Å². The van der Waals surface area contributed by atoms with Crippen molar-refractivity contribution in [3.63, 3.8) is 0 Å². The number of aliphatic hydroxyl groups is 1. The maximum atomic E-state index is 12.2. The van der Waals surface area contributed by atoms with Gasteiger partial charge in [0.05, 0.1) is 20.3 Å². The van der Waals surface area contributed by atoms with Crippen molar-refractivity contribution in [1.82, 2.24) is 0 Å². The van der Waals surface area contributed by atoms with Gasteiger partial charge in [0, 0.05) is 23.7 Å². The Labute approximate surface area is 148 Å². The van der Waals surface area contributed by atoms with E-state index in [1.54, 1.807) is 25.3 Å². The Morgan fingerprint density at radius 3 is 2.60 bits per heavy atom. The first kappa shape index (κ1) is 18.8. The van der Waals surface area contributed by atoms with Crippen molar-refractivity contribution in [2.24, 2.45) is 0 Å². The third-order valence-corrected chi connectivity index (χ3v) is 4.32. The predicted molar refractivity (Wildman–Crippen MR) is 98.3 cm³/mol. The maximum absolute atomic E-state index is 12.2. The molecule has 0 aliphatic rings. The van der Waals surface area contributed by atoms with Gasteiger partial charge < -0.3 is 19.9 Å². The highest BCUT2D eigenvalue weighted by Gasteiger charge is 2.16. The molecule has 0 spiro atoms. The fourth-order valence-electron chi connectivity index (χ4n) is 2.62. The largest absolute Gasteiger partial charge is 0.497 e. The first-order chi connectivity index (χ1) is 12.0. The van der Waals surface area contributed by atoms with Crippen LogP contribution in [-0.2, 0) is 4.79 Å². The van der Waals surface area contributed by atoms with Crippen LogP contribution in [0.3, 0.4) is 0 Å². The van der Waals surface area contributed by atoms with Gasteiger partial charge in [-0.15, -0.1) is 0 Å². The zero-order valence-electron chi connectivity index (χ0n) is 15.1. The Kier molecular flexibility index (Phi) is 6.42. The van der Waals surface area contributed by atoms with E-state index in [0.29, 0.717) is 23.5 Å². The van der Waals surface area contributed by atoms with Gasteiger partial charge in [0.15, 0.2) is 0 Å². The molecule has 2 aromatic carbocycles. The molecule has 0 saturated heterocycles. The second-order valence-electron chi connectivity index (χ2n) is 5.96. The van der Waals surface area contributed by atoms with Crippen LogP contribution < -0.4 is 14.8 Å². The molecule has 0 aromatic heterocycles. The summed E-state index contributed by atoms with van der Waals surface area (Å²) in [5, 5.41) is 13.3. The number of benzene rings is 2. The molecule has 2 rings (SSSR count). The standard InChI is InChI=1S/C20H25NO4/c1-13-6-5-7-17(14(13)2)21-20(23)11-10-18(22)16-9-8-15(24-3)12-19(16)25-4/h5-9,12,18,22H,10-11H2,1-4H3,(H,21,23). The average Bonchev–Trinajstić information content (AvgIpc) is 2.62. The minimum absolute atomic E-state index is 0.125. The first-order valence-corrected chi connectivity index (χ1v) is 8.22. The molecule has 25 heavy (non-hydrogen) atoms. The van der Waals surface area contributed by atoms with Gasteiger partial charge in [0.2, 0.25) is 5.91 Å². The molecule has 1 atom stereocenters. The number of hydrogen-bond donors (Lipinski definition) is 2. The van der Waals surface area contributed by atoms with Gasteiger partial charge in [-0.05, 0) is 49.6 Å². The first-order valence-electron chi connectivity index (χ1n) is 8.22. The lowest BCUT2D eigenvalue weighted by atomic mass is 10.0. The highest BCUT2D eigenvalue weighted by atomic mass is 16.5. The van der Waals surface area contributed by atoms with Crippen molar-refractivity contribution in [1.29, 1.82) is 0 Å². The number of hydrogen-bond acceptors (Lipinski definition) is 4. The third-order valence-electron chi connectivity index (χ3n) is 4.32. The van der Waals surface area contributed by atoms with E-state index in [4.69, 9.17) is 9.47 Å². The van der Waals surface area contributed by atoms with Crippen LogP contribution in [0.25, 0.3) is 0 Å². The average molecular weight is 343 g/mol. The SMILES string of the molecule is COc1ccc(C(O)CCC(=O)Nc2cccc(C)c2C)c(OC)c1. The Bertz CT molecular complexity index is 742. The molecule has 2 N–H and O–H groups in total. The molecule has 0 radical (unpaired) electrons. The zero-order valence-corrected chi connectivity index (χ0v) is 15.1. The van der Waals surface area contributed by atoms with Gasteiger partial charge in [-0.25, -0.2) is 0 Å². The van der Waals surface area contributed by atoms with E-state index in [2.05, 4.69) is 5.32 Å². The van der Waals surface area contributed by atoms with Crippen LogP contribution in [0.15, 0.2) is 36.4 Å². The van der Waals surface area contributed by atoms with Gasteiger partial charge in [-0.3, -0.25) is 4.79 Å². The highest BCUT2D eigenvalue weighted by molar-refractivity contribution is 5.91. The second kappa shape index (κ2) is 8.53. The van der Waals surface area contributed by atoms with Gasteiger partial charge in [-0.2, -0.15) is 0 Å². The Hall–Kier alpha value is -2.53. The quantitative estimate of drug-likeness (QED) is 0.803. The molecule has 0 bridgehead atoms. The minimum atomic E-state index is -0.787. The lowest BCUT2D eigenvalue weighted by Crippen LogP contribution is -2.14. The fourth-order valence-corrected chi connectivity index (χ4v) is 2.62. The van der Waals surface area contributed by atoms with Crippen molar-refractivity contribution in [3.8, 4) is 11.5 Å². The molecule has 2 aromatic rings. The van der Waals surface area contributed by atoms with E-state index >= 15 is 0 Å². The third kappa shape index (κ3) is 4.73. The van der Waals surface area contributed by atoms with E-state index in [0.717, 1.165) is 16.8 Å². The lowest BCUT2D eigenvalue weighted by molar-refractivity contribution is -0.116. The smallest absolute Gasteiger partial charge is 0.224 e. The summed E-state index contributed by atoms with van der Waals surface area (Å²) in [4.78, 5) is 12.2. The van der Waals surface area contributed by atoms with Crippen molar-refractivity contribution in [2.45, 2.75) is 32.8 Å². The molecule has 0 fully saturated rings. The molecule has 0 heterocycles. The van der Waals surface area contributed by atoms with E-state index in [1.807, 2.05) is 32.0 Å². The molecule has 0 aliphatic heterocycles. The number of anilines is 1. The van der Waals surface area contributed by atoms with Crippen LogP contribution in [0.1, 0.15) is 35.6 Å². The molecular weight excluding hydrogens is 318 g/mol. The van der Waals surface area contributed by atoms with Gasteiger partial charge in [0.1, 0.15) is 11.5 Å². The van der Waals surface area contributed by atoms with E-state index in [-0.39, 0.29) is 12.3 Å². The number of aliphatic hydroxyl groups excluding tert-OH is 1. The van der Waals surface area contributed by atoms with Gasteiger partial charge >= 0.3 is 0 Å². The van der Waals surface area contributed by atoms with E-state index in [9.17, 15) is 9.90 Å². The van der Waals surface area contributed by atoms with Crippen LogP contribution in [-0.4, -0.2) is 25.2 Å². The van der Waals surface area contributed by atoms with Crippen LogP contribution in [0.2, 0.25) is 0 Å².